The van der Waals surface area contributed by atoms with Gasteiger partial charge in [-0.1, -0.05) is 19.3 Å². The van der Waals surface area contributed by atoms with Gasteiger partial charge in [0, 0.05) is 23.4 Å². The molecule has 5 nitrogen and oxygen atoms in total. The molecule has 1 aromatic heterocycles. The lowest BCUT2D eigenvalue weighted by atomic mass is 9.78. The van der Waals surface area contributed by atoms with Crippen molar-refractivity contribution in [1.82, 2.24) is 15.2 Å². The van der Waals surface area contributed by atoms with Gasteiger partial charge in [0.25, 0.3) is 0 Å². The maximum atomic E-state index is 12.5. The summed E-state index contributed by atoms with van der Waals surface area (Å²) in [5, 5.41) is 2.76. The average molecular weight is 352 g/mol. The summed E-state index contributed by atoms with van der Waals surface area (Å²) in [6.07, 6.45) is 8.10. The van der Waals surface area contributed by atoms with E-state index in [2.05, 4.69) is 26.2 Å². The first kappa shape index (κ1) is 14.5. The third-order valence-electron chi connectivity index (χ3n) is 4.42. The number of amides is 2. The average Bonchev–Trinajstić information content (AvgIpc) is 2.49. The molecule has 1 spiro atoms. The lowest BCUT2D eigenvalue weighted by Gasteiger charge is -2.47. The molecule has 1 N–H and O–H groups in total. The number of nitrogens with zero attached hydrogens (tertiary/aromatic N) is 2. The van der Waals surface area contributed by atoms with E-state index in [1.54, 1.807) is 17.3 Å². The second kappa shape index (κ2) is 5.75. The molecule has 1 aromatic rings. The van der Waals surface area contributed by atoms with E-state index in [4.69, 9.17) is 0 Å². The highest BCUT2D eigenvalue weighted by atomic mass is 79.9. The molecule has 2 heterocycles. The molecular weight excluding hydrogens is 334 g/mol. The highest BCUT2D eigenvalue weighted by molar-refractivity contribution is 9.10. The van der Waals surface area contributed by atoms with E-state index in [1.165, 1.54) is 0 Å². The lowest BCUT2D eigenvalue weighted by Crippen LogP contribution is -2.67. The Kier molecular flexibility index (Phi) is 3.97. The minimum atomic E-state index is -0.657. The SMILES string of the molecule is O=C1CNC(=O)C2(CCCCC2)N1Cc1cncc(Br)c1. The molecule has 1 saturated carbocycles. The van der Waals surface area contributed by atoms with Crippen LogP contribution in [0.1, 0.15) is 37.7 Å². The van der Waals surface area contributed by atoms with Crippen molar-refractivity contribution >= 4 is 27.7 Å². The summed E-state index contributed by atoms with van der Waals surface area (Å²) >= 11 is 3.40. The number of halogens is 1. The smallest absolute Gasteiger partial charge is 0.246 e. The van der Waals surface area contributed by atoms with Gasteiger partial charge in [-0.25, -0.2) is 0 Å². The fraction of sp³-hybridized carbons (Fsp3) is 0.533. The van der Waals surface area contributed by atoms with Gasteiger partial charge >= 0.3 is 0 Å². The van der Waals surface area contributed by atoms with Crippen molar-refractivity contribution in [2.75, 3.05) is 6.54 Å². The maximum Gasteiger partial charge on any atom is 0.246 e. The number of hydrogen-bond donors (Lipinski definition) is 1. The van der Waals surface area contributed by atoms with Crippen molar-refractivity contribution in [1.29, 1.82) is 0 Å². The van der Waals surface area contributed by atoms with Crippen molar-refractivity contribution in [2.45, 2.75) is 44.2 Å². The van der Waals surface area contributed by atoms with Crippen LogP contribution >= 0.6 is 15.9 Å². The largest absolute Gasteiger partial charge is 0.345 e. The maximum absolute atomic E-state index is 12.5. The van der Waals surface area contributed by atoms with Crippen molar-refractivity contribution in [3.8, 4) is 0 Å². The standard InChI is InChI=1S/C15H18BrN3O2/c16-12-6-11(7-17-8-12)10-19-13(20)9-18-14(21)15(19)4-2-1-3-5-15/h6-8H,1-5,9-10H2,(H,18,21). The van der Waals surface area contributed by atoms with E-state index in [-0.39, 0.29) is 18.4 Å². The quantitative estimate of drug-likeness (QED) is 0.886. The van der Waals surface area contributed by atoms with Gasteiger partial charge in [0.2, 0.25) is 11.8 Å². The number of carbonyl (C=O) groups is 2. The molecule has 6 heteroatoms. The van der Waals surface area contributed by atoms with Gasteiger partial charge in [0.1, 0.15) is 5.54 Å². The number of nitrogens with one attached hydrogen (secondary N) is 1. The molecule has 21 heavy (non-hydrogen) atoms. The van der Waals surface area contributed by atoms with Crippen LogP contribution in [0.5, 0.6) is 0 Å². The first-order valence-electron chi connectivity index (χ1n) is 7.30. The molecule has 1 aliphatic carbocycles. The van der Waals surface area contributed by atoms with E-state index >= 15 is 0 Å². The van der Waals surface area contributed by atoms with E-state index in [9.17, 15) is 9.59 Å². The summed E-state index contributed by atoms with van der Waals surface area (Å²) in [7, 11) is 0. The molecule has 2 fully saturated rings. The van der Waals surface area contributed by atoms with Crippen LogP contribution in [0.2, 0.25) is 0 Å². The number of hydrogen-bond acceptors (Lipinski definition) is 3. The molecule has 0 unspecified atom stereocenters. The highest BCUT2D eigenvalue weighted by Gasteiger charge is 2.49. The van der Waals surface area contributed by atoms with Crippen LogP contribution in [0.25, 0.3) is 0 Å². The monoisotopic (exact) mass is 351 g/mol. The first-order valence-corrected chi connectivity index (χ1v) is 8.09. The van der Waals surface area contributed by atoms with Crippen molar-refractivity contribution in [2.24, 2.45) is 0 Å². The predicted octanol–water partition coefficient (Wildman–Crippen LogP) is 2.01. The van der Waals surface area contributed by atoms with Crippen LogP contribution in [0, 0.1) is 0 Å². The zero-order valence-electron chi connectivity index (χ0n) is 11.8. The van der Waals surface area contributed by atoms with Crippen LogP contribution < -0.4 is 5.32 Å². The Bertz CT molecular complexity index is 570. The van der Waals surface area contributed by atoms with Crippen molar-refractivity contribution in [3.63, 3.8) is 0 Å². The molecule has 0 atom stereocenters. The zero-order chi connectivity index (χ0) is 14.9. The fourth-order valence-corrected chi connectivity index (χ4v) is 3.79. The topological polar surface area (TPSA) is 62.3 Å². The molecule has 2 aliphatic rings. The highest BCUT2D eigenvalue weighted by Crippen LogP contribution is 2.36. The van der Waals surface area contributed by atoms with Crippen LogP contribution in [0.3, 0.4) is 0 Å². The molecule has 1 aliphatic heterocycles. The molecule has 0 aromatic carbocycles. The normalized spacial score (nSPS) is 21.5. The minimum absolute atomic E-state index is 0.00326. The molecule has 112 valence electrons. The zero-order valence-corrected chi connectivity index (χ0v) is 13.4. The second-order valence-corrected chi connectivity index (χ2v) is 6.68. The Morgan fingerprint density at radius 3 is 2.71 bits per heavy atom. The molecule has 3 rings (SSSR count). The van der Waals surface area contributed by atoms with Crippen LogP contribution in [0.4, 0.5) is 0 Å². The van der Waals surface area contributed by atoms with Gasteiger partial charge in [-0.2, -0.15) is 0 Å². The fourth-order valence-electron chi connectivity index (χ4n) is 3.38. The first-order chi connectivity index (χ1) is 10.1. The summed E-state index contributed by atoms with van der Waals surface area (Å²) in [4.78, 5) is 30.8. The van der Waals surface area contributed by atoms with Crippen LogP contribution in [-0.4, -0.2) is 33.8 Å². The molecule has 2 amide bonds. The summed E-state index contributed by atoms with van der Waals surface area (Å²) in [6.45, 7) is 0.542. The van der Waals surface area contributed by atoms with Crippen LogP contribution in [0.15, 0.2) is 22.9 Å². The Hall–Kier alpha value is -1.43. The van der Waals surface area contributed by atoms with E-state index in [1.807, 2.05) is 6.07 Å². The summed E-state index contributed by atoms with van der Waals surface area (Å²) in [6, 6.07) is 1.95. The van der Waals surface area contributed by atoms with Gasteiger partial charge in [0.15, 0.2) is 0 Å². The number of aromatic nitrogens is 1. The Morgan fingerprint density at radius 2 is 2.00 bits per heavy atom. The Labute approximate surface area is 132 Å². The second-order valence-electron chi connectivity index (χ2n) is 5.77. The lowest BCUT2D eigenvalue weighted by molar-refractivity contribution is -0.157. The van der Waals surface area contributed by atoms with Crippen LogP contribution in [-0.2, 0) is 16.1 Å². The number of carbonyl (C=O) groups excluding carboxylic acids is 2. The van der Waals surface area contributed by atoms with Crippen molar-refractivity contribution in [3.05, 3.63) is 28.5 Å². The van der Waals surface area contributed by atoms with Crippen molar-refractivity contribution < 1.29 is 9.59 Å². The Morgan fingerprint density at radius 1 is 1.24 bits per heavy atom. The number of pyridine rings is 1. The van der Waals surface area contributed by atoms with Gasteiger partial charge in [-0.3, -0.25) is 14.6 Å². The molecule has 0 bridgehead atoms. The van der Waals surface area contributed by atoms with E-state index in [0.717, 1.165) is 42.1 Å². The Balaban J connectivity index is 1.91. The molecule has 0 radical (unpaired) electrons. The van der Waals surface area contributed by atoms with Gasteiger partial charge < -0.3 is 10.2 Å². The summed E-state index contributed by atoms with van der Waals surface area (Å²) in [5.41, 5.74) is 0.285. The molecule has 1 saturated heterocycles. The number of rotatable bonds is 2. The van der Waals surface area contributed by atoms with Gasteiger partial charge in [-0.15, -0.1) is 0 Å². The van der Waals surface area contributed by atoms with Gasteiger partial charge in [-0.05, 0) is 40.4 Å². The summed E-state index contributed by atoms with van der Waals surface area (Å²) in [5.74, 6) is 0.00114. The van der Waals surface area contributed by atoms with Gasteiger partial charge in [0.05, 0.1) is 6.54 Å². The minimum Gasteiger partial charge on any atom is -0.345 e. The third kappa shape index (κ3) is 2.69. The number of piperazine rings is 1. The molecular formula is C15H18BrN3O2. The predicted molar refractivity (Wildman–Crippen MR) is 81.3 cm³/mol. The van der Waals surface area contributed by atoms with E-state index in [0.29, 0.717) is 6.54 Å². The van der Waals surface area contributed by atoms with E-state index < -0.39 is 5.54 Å². The third-order valence-corrected chi connectivity index (χ3v) is 4.86. The summed E-state index contributed by atoms with van der Waals surface area (Å²) < 4.78 is 0.881.